The van der Waals surface area contributed by atoms with Crippen LogP contribution in [0.5, 0.6) is 5.75 Å². The van der Waals surface area contributed by atoms with Crippen LogP contribution < -0.4 is 4.74 Å². The molecule has 0 radical (unpaired) electrons. The summed E-state index contributed by atoms with van der Waals surface area (Å²) in [4.78, 5) is 0. The second-order valence-corrected chi connectivity index (χ2v) is 5.05. The van der Waals surface area contributed by atoms with Crippen molar-refractivity contribution in [1.82, 2.24) is 0 Å². The quantitative estimate of drug-likeness (QED) is 0.656. The third-order valence-corrected chi connectivity index (χ3v) is 3.17. The molecule has 1 fully saturated rings. The number of benzene rings is 1. The maximum Gasteiger partial charge on any atom is 0.123 e. The number of epoxide rings is 1. The van der Waals surface area contributed by atoms with E-state index in [-0.39, 0.29) is 5.60 Å². The smallest absolute Gasteiger partial charge is 0.123 e. The van der Waals surface area contributed by atoms with Gasteiger partial charge in [-0.3, -0.25) is 0 Å². The molecule has 0 aromatic heterocycles. The summed E-state index contributed by atoms with van der Waals surface area (Å²) < 4.78 is 11.2. The zero-order chi connectivity index (χ0) is 10.5. The van der Waals surface area contributed by atoms with Crippen molar-refractivity contribution in [3.8, 4) is 5.75 Å². The first kappa shape index (κ1) is 9.22. The molecule has 15 heavy (non-hydrogen) atoms. The first-order chi connectivity index (χ1) is 7.14. The number of hydrogen-bond donors (Lipinski definition) is 0. The van der Waals surface area contributed by atoms with Crippen molar-refractivity contribution in [2.24, 2.45) is 0 Å². The van der Waals surface area contributed by atoms with E-state index in [9.17, 15) is 0 Å². The predicted octanol–water partition coefficient (Wildman–Crippen LogP) is 2.86. The van der Waals surface area contributed by atoms with Gasteiger partial charge in [0.25, 0.3) is 0 Å². The molecule has 0 aliphatic carbocycles. The van der Waals surface area contributed by atoms with E-state index in [1.807, 2.05) is 0 Å². The van der Waals surface area contributed by atoms with Crippen LogP contribution in [-0.2, 0) is 11.2 Å². The molecule has 1 aromatic rings. The third kappa shape index (κ3) is 1.74. The number of rotatable bonds is 1. The van der Waals surface area contributed by atoms with Gasteiger partial charge < -0.3 is 9.47 Å². The molecule has 0 saturated carbocycles. The van der Waals surface area contributed by atoms with Gasteiger partial charge in [-0.05, 0) is 49.9 Å². The number of hydrogen-bond acceptors (Lipinski definition) is 2. The van der Waals surface area contributed by atoms with E-state index in [0.717, 1.165) is 25.2 Å². The summed E-state index contributed by atoms with van der Waals surface area (Å²) in [6, 6.07) is 6.45. The van der Waals surface area contributed by atoms with E-state index in [1.165, 1.54) is 11.1 Å². The van der Waals surface area contributed by atoms with Gasteiger partial charge in [-0.1, -0.05) is 6.07 Å². The molecular weight excluding hydrogens is 188 g/mol. The molecule has 2 heterocycles. The summed E-state index contributed by atoms with van der Waals surface area (Å²) in [5.74, 6) is 1.05. The Morgan fingerprint density at radius 2 is 2.13 bits per heavy atom. The fraction of sp³-hybridized carbons (Fsp3) is 0.538. The number of aryl methyl sites for hydroxylation is 1. The van der Waals surface area contributed by atoms with E-state index >= 15 is 0 Å². The van der Waals surface area contributed by atoms with Gasteiger partial charge >= 0.3 is 0 Å². The van der Waals surface area contributed by atoms with E-state index in [4.69, 9.17) is 9.47 Å². The minimum Gasteiger partial charge on any atom is -0.488 e. The molecule has 0 N–H and O–H groups in total. The Morgan fingerprint density at radius 3 is 2.87 bits per heavy atom. The van der Waals surface area contributed by atoms with Gasteiger partial charge in [0.1, 0.15) is 17.5 Å². The number of ether oxygens (including phenoxy) is 2. The SMILES string of the molecule is CC1(C)CCc2cc([C@H]3CO3)ccc2O1. The maximum absolute atomic E-state index is 5.93. The fourth-order valence-corrected chi connectivity index (χ4v) is 2.12. The van der Waals surface area contributed by atoms with Crippen molar-refractivity contribution < 1.29 is 9.47 Å². The molecular formula is C13H16O2. The summed E-state index contributed by atoms with van der Waals surface area (Å²) in [5.41, 5.74) is 2.63. The molecule has 0 bridgehead atoms. The van der Waals surface area contributed by atoms with Crippen LogP contribution in [-0.4, -0.2) is 12.2 Å². The molecule has 1 atom stereocenters. The molecule has 1 aromatic carbocycles. The Hall–Kier alpha value is -1.02. The summed E-state index contributed by atoms with van der Waals surface area (Å²) in [6.07, 6.45) is 2.56. The van der Waals surface area contributed by atoms with Gasteiger partial charge in [-0.25, -0.2) is 0 Å². The van der Waals surface area contributed by atoms with Crippen LogP contribution in [0, 0.1) is 0 Å². The first-order valence-electron chi connectivity index (χ1n) is 5.57. The minimum absolute atomic E-state index is 0.00933. The van der Waals surface area contributed by atoms with Gasteiger partial charge in [0, 0.05) is 0 Å². The Labute approximate surface area is 90.2 Å². The second kappa shape index (κ2) is 2.99. The molecule has 2 nitrogen and oxygen atoms in total. The summed E-state index contributed by atoms with van der Waals surface area (Å²) in [5, 5.41) is 0. The standard InChI is InChI=1S/C13H16O2/c1-13(2)6-5-10-7-9(12-8-14-12)3-4-11(10)15-13/h3-4,7,12H,5-6,8H2,1-2H3/t12-/m1/s1. The van der Waals surface area contributed by atoms with Crippen molar-refractivity contribution in [1.29, 1.82) is 0 Å². The average Bonchev–Trinajstić information content (AvgIpc) is 2.99. The van der Waals surface area contributed by atoms with Crippen LogP contribution in [0.25, 0.3) is 0 Å². The Kier molecular flexibility index (Phi) is 1.84. The lowest BCUT2D eigenvalue weighted by atomic mass is 9.93. The van der Waals surface area contributed by atoms with Crippen LogP contribution in [0.15, 0.2) is 18.2 Å². The first-order valence-corrected chi connectivity index (χ1v) is 5.57. The number of fused-ring (bicyclic) bond motifs is 1. The molecule has 2 aliphatic heterocycles. The molecule has 0 amide bonds. The summed E-state index contributed by atoms with van der Waals surface area (Å²) >= 11 is 0. The second-order valence-electron chi connectivity index (χ2n) is 5.05. The molecule has 80 valence electrons. The normalized spacial score (nSPS) is 26.7. The molecule has 3 rings (SSSR count). The van der Waals surface area contributed by atoms with Crippen LogP contribution in [0.2, 0.25) is 0 Å². The average molecular weight is 204 g/mol. The largest absolute Gasteiger partial charge is 0.488 e. The van der Waals surface area contributed by atoms with Crippen LogP contribution in [0.3, 0.4) is 0 Å². The zero-order valence-corrected chi connectivity index (χ0v) is 9.25. The van der Waals surface area contributed by atoms with E-state index in [0.29, 0.717) is 6.10 Å². The topological polar surface area (TPSA) is 21.8 Å². The summed E-state index contributed by atoms with van der Waals surface area (Å²) in [7, 11) is 0. The minimum atomic E-state index is -0.00933. The van der Waals surface area contributed by atoms with Gasteiger partial charge in [0.15, 0.2) is 0 Å². The molecule has 2 heteroatoms. The van der Waals surface area contributed by atoms with Crippen LogP contribution >= 0.6 is 0 Å². The molecule has 0 spiro atoms. The Bertz CT molecular complexity index is 392. The van der Waals surface area contributed by atoms with Crippen molar-refractivity contribution in [2.45, 2.75) is 38.4 Å². The summed E-state index contributed by atoms with van der Waals surface area (Å²) in [6.45, 7) is 5.17. The lowest BCUT2D eigenvalue weighted by Crippen LogP contribution is -2.32. The Morgan fingerprint density at radius 1 is 1.33 bits per heavy atom. The van der Waals surface area contributed by atoms with E-state index in [1.54, 1.807) is 0 Å². The molecule has 0 unspecified atom stereocenters. The van der Waals surface area contributed by atoms with Crippen molar-refractivity contribution >= 4 is 0 Å². The molecule has 1 saturated heterocycles. The van der Waals surface area contributed by atoms with Gasteiger partial charge in [0.2, 0.25) is 0 Å². The highest BCUT2D eigenvalue weighted by Gasteiger charge is 2.29. The van der Waals surface area contributed by atoms with Gasteiger partial charge in [-0.2, -0.15) is 0 Å². The van der Waals surface area contributed by atoms with Crippen molar-refractivity contribution in [3.63, 3.8) is 0 Å². The monoisotopic (exact) mass is 204 g/mol. The highest BCUT2D eigenvalue weighted by atomic mass is 16.6. The van der Waals surface area contributed by atoms with Crippen LogP contribution in [0.4, 0.5) is 0 Å². The Balaban J connectivity index is 1.93. The van der Waals surface area contributed by atoms with Crippen molar-refractivity contribution in [3.05, 3.63) is 29.3 Å². The van der Waals surface area contributed by atoms with E-state index in [2.05, 4.69) is 32.0 Å². The van der Waals surface area contributed by atoms with Gasteiger partial charge in [-0.15, -0.1) is 0 Å². The van der Waals surface area contributed by atoms with E-state index < -0.39 is 0 Å². The molecule has 2 aliphatic rings. The van der Waals surface area contributed by atoms with Gasteiger partial charge in [0.05, 0.1) is 6.61 Å². The maximum atomic E-state index is 5.93. The highest BCUT2D eigenvalue weighted by molar-refractivity contribution is 5.40. The predicted molar refractivity (Wildman–Crippen MR) is 58.2 cm³/mol. The van der Waals surface area contributed by atoms with Crippen molar-refractivity contribution in [2.75, 3.05) is 6.61 Å². The highest BCUT2D eigenvalue weighted by Crippen LogP contribution is 2.37. The lowest BCUT2D eigenvalue weighted by molar-refractivity contribution is 0.0846. The third-order valence-electron chi connectivity index (χ3n) is 3.17. The van der Waals surface area contributed by atoms with Crippen LogP contribution in [0.1, 0.15) is 37.5 Å². The fourth-order valence-electron chi connectivity index (χ4n) is 2.12. The zero-order valence-electron chi connectivity index (χ0n) is 9.25. The lowest BCUT2D eigenvalue weighted by Gasteiger charge is -2.32.